The first-order valence-electron chi connectivity index (χ1n) is 11.1. The van der Waals surface area contributed by atoms with Gasteiger partial charge < -0.3 is 9.80 Å². The summed E-state index contributed by atoms with van der Waals surface area (Å²) in [6.07, 6.45) is 3.05. The van der Waals surface area contributed by atoms with Gasteiger partial charge >= 0.3 is 0 Å². The summed E-state index contributed by atoms with van der Waals surface area (Å²) in [5, 5.41) is 5.58. The monoisotopic (exact) mass is 426 g/mol. The molecule has 5 rings (SSSR count). The standard InChI is InChI=1S/C25H26N6O/c1-2-23(32)29-13-15-30(16-14-29)24-21-18-26-31(20-11-7-4-8-12-20)25(21)28-22(27-24)17-19-9-5-3-6-10-19/h3-12,18H,2,13-17H2,1H3. The summed E-state index contributed by atoms with van der Waals surface area (Å²) < 4.78 is 1.88. The molecule has 1 amide bonds. The Balaban J connectivity index is 1.55. The number of nitrogens with zero attached hydrogens (tertiary/aromatic N) is 6. The van der Waals surface area contributed by atoms with Crippen molar-refractivity contribution in [1.82, 2.24) is 24.6 Å². The fourth-order valence-electron chi connectivity index (χ4n) is 4.18. The summed E-state index contributed by atoms with van der Waals surface area (Å²) in [7, 11) is 0. The van der Waals surface area contributed by atoms with Crippen LogP contribution in [0.15, 0.2) is 66.9 Å². The maximum absolute atomic E-state index is 12.1. The van der Waals surface area contributed by atoms with Gasteiger partial charge in [0, 0.05) is 39.0 Å². The molecule has 7 heteroatoms. The van der Waals surface area contributed by atoms with Gasteiger partial charge in [0.05, 0.1) is 17.3 Å². The maximum Gasteiger partial charge on any atom is 0.222 e. The first-order valence-corrected chi connectivity index (χ1v) is 11.1. The number of hydrogen-bond acceptors (Lipinski definition) is 5. The van der Waals surface area contributed by atoms with E-state index in [0.29, 0.717) is 25.9 Å². The van der Waals surface area contributed by atoms with Gasteiger partial charge in [0.2, 0.25) is 5.91 Å². The van der Waals surface area contributed by atoms with Crippen LogP contribution in [0, 0.1) is 0 Å². The minimum Gasteiger partial charge on any atom is -0.352 e. The molecule has 0 N–H and O–H groups in total. The molecule has 0 unspecified atom stereocenters. The zero-order chi connectivity index (χ0) is 21.9. The molecule has 2 aromatic heterocycles. The SMILES string of the molecule is CCC(=O)N1CCN(c2nc(Cc3ccccc3)nc3c2cnn3-c2ccccc2)CC1. The zero-order valence-corrected chi connectivity index (χ0v) is 18.2. The van der Waals surface area contributed by atoms with Crippen LogP contribution in [-0.4, -0.2) is 56.7 Å². The number of amides is 1. The molecule has 32 heavy (non-hydrogen) atoms. The molecule has 1 aliphatic rings. The second-order valence-electron chi connectivity index (χ2n) is 7.98. The van der Waals surface area contributed by atoms with Crippen LogP contribution in [-0.2, 0) is 11.2 Å². The van der Waals surface area contributed by atoms with Crippen LogP contribution in [0.25, 0.3) is 16.7 Å². The normalized spacial score (nSPS) is 14.2. The quantitative estimate of drug-likeness (QED) is 0.489. The summed E-state index contributed by atoms with van der Waals surface area (Å²) in [5.41, 5.74) is 2.94. The van der Waals surface area contributed by atoms with Crippen LogP contribution < -0.4 is 4.90 Å². The average Bonchev–Trinajstić information content (AvgIpc) is 3.28. The summed E-state index contributed by atoms with van der Waals surface area (Å²) in [6, 6.07) is 20.3. The minimum atomic E-state index is 0.208. The Morgan fingerprint density at radius 3 is 2.28 bits per heavy atom. The summed E-state index contributed by atoms with van der Waals surface area (Å²) in [4.78, 5) is 26.2. The molecule has 3 heterocycles. The lowest BCUT2D eigenvalue weighted by atomic mass is 10.1. The van der Waals surface area contributed by atoms with Crippen molar-refractivity contribution in [3.8, 4) is 5.69 Å². The van der Waals surface area contributed by atoms with Crippen molar-refractivity contribution in [3.05, 3.63) is 78.2 Å². The Kier molecular flexibility index (Phi) is 5.54. The van der Waals surface area contributed by atoms with E-state index in [1.54, 1.807) is 0 Å². The van der Waals surface area contributed by atoms with E-state index in [0.717, 1.165) is 41.5 Å². The Bertz CT molecular complexity index is 1210. The maximum atomic E-state index is 12.1. The molecule has 4 aromatic rings. The van der Waals surface area contributed by atoms with E-state index in [-0.39, 0.29) is 5.91 Å². The van der Waals surface area contributed by atoms with Gasteiger partial charge in [-0.3, -0.25) is 4.79 Å². The molecule has 7 nitrogen and oxygen atoms in total. The molecular weight excluding hydrogens is 400 g/mol. The second kappa shape index (κ2) is 8.78. The van der Waals surface area contributed by atoms with Gasteiger partial charge in [-0.2, -0.15) is 5.10 Å². The van der Waals surface area contributed by atoms with Crippen molar-refractivity contribution in [1.29, 1.82) is 0 Å². The molecule has 0 aliphatic carbocycles. The number of carbonyl (C=O) groups is 1. The second-order valence-corrected chi connectivity index (χ2v) is 7.98. The first-order chi connectivity index (χ1) is 15.7. The molecule has 0 atom stereocenters. The fourth-order valence-corrected chi connectivity index (χ4v) is 4.18. The minimum absolute atomic E-state index is 0.208. The van der Waals surface area contributed by atoms with E-state index in [2.05, 4.69) is 22.1 Å². The van der Waals surface area contributed by atoms with Crippen molar-refractivity contribution in [3.63, 3.8) is 0 Å². The van der Waals surface area contributed by atoms with E-state index in [1.807, 2.05) is 71.2 Å². The number of para-hydroxylation sites is 1. The predicted molar refractivity (Wildman–Crippen MR) is 125 cm³/mol. The molecule has 1 aliphatic heterocycles. The molecule has 1 saturated heterocycles. The number of benzene rings is 2. The van der Waals surface area contributed by atoms with Crippen LogP contribution in [0.4, 0.5) is 5.82 Å². The number of fused-ring (bicyclic) bond motifs is 1. The smallest absolute Gasteiger partial charge is 0.222 e. The van der Waals surface area contributed by atoms with E-state index in [4.69, 9.17) is 9.97 Å². The lowest BCUT2D eigenvalue weighted by Gasteiger charge is -2.35. The number of anilines is 1. The van der Waals surface area contributed by atoms with E-state index >= 15 is 0 Å². The van der Waals surface area contributed by atoms with Crippen LogP contribution in [0.2, 0.25) is 0 Å². The third-order valence-corrected chi connectivity index (χ3v) is 5.89. The van der Waals surface area contributed by atoms with Crippen molar-refractivity contribution in [2.45, 2.75) is 19.8 Å². The summed E-state index contributed by atoms with van der Waals surface area (Å²) in [5.74, 6) is 1.87. The highest BCUT2D eigenvalue weighted by Gasteiger charge is 2.24. The molecule has 0 radical (unpaired) electrons. The largest absolute Gasteiger partial charge is 0.352 e. The Labute approximate surface area is 187 Å². The Morgan fingerprint density at radius 2 is 1.59 bits per heavy atom. The zero-order valence-electron chi connectivity index (χ0n) is 18.2. The van der Waals surface area contributed by atoms with Gasteiger partial charge in [0.15, 0.2) is 5.65 Å². The van der Waals surface area contributed by atoms with Gasteiger partial charge in [-0.05, 0) is 17.7 Å². The molecule has 2 aromatic carbocycles. The molecule has 0 spiro atoms. The van der Waals surface area contributed by atoms with E-state index in [9.17, 15) is 4.79 Å². The van der Waals surface area contributed by atoms with Crippen molar-refractivity contribution < 1.29 is 4.79 Å². The number of aromatic nitrogens is 4. The summed E-state index contributed by atoms with van der Waals surface area (Å²) >= 11 is 0. The number of rotatable bonds is 5. The number of piperazine rings is 1. The highest BCUT2D eigenvalue weighted by Crippen LogP contribution is 2.27. The third kappa shape index (κ3) is 3.93. The van der Waals surface area contributed by atoms with Gasteiger partial charge in [-0.1, -0.05) is 55.5 Å². The molecular formula is C25H26N6O. The van der Waals surface area contributed by atoms with Gasteiger partial charge in [-0.25, -0.2) is 14.6 Å². The molecule has 0 bridgehead atoms. The van der Waals surface area contributed by atoms with Crippen LogP contribution in [0.5, 0.6) is 0 Å². The number of hydrogen-bond donors (Lipinski definition) is 0. The molecule has 1 fully saturated rings. The van der Waals surface area contributed by atoms with Gasteiger partial charge in [-0.15, -0.1) is 0 Å². The Morgan fingerprint density at radius 1 is 0.906 bits per heavy atom. The van der Waals surface area contributed by atoms with E-state index in [1.165, 1.54) is 5.56 Å². The van der Waals surface area contributed by atoms with Crippen molar-refractivity contribution >= 4 is 22.8 Å². The molecule has 0 saturated carbocycles. The highest BCUT2D eigenvalue weighted by molar-refractivity contribution is 5.88. The number of carbonyl (C=O) groups excluding carboxylic acids is 1. The van der Waals surface area contributed by atoms with Gasteiger partial charge in [0.1, 0.15) is 11.6 Å². The summed E-state index contributed by atoms with van der Waals surface area (Å²) in [6.45, 7) is 4.83. The van der Waals surface area contributed by atoms with Gasteiger partial charge in [0.25, 0.3) is 0 Å². The first kappa shape index (κ1) is 20.2. The van der Waals surface area contributed by atoms with Crippen LogP contribution in [0.3, 0.4) is 0 Å². The average molecular weight is 427 g/mol. The topological polar surface area (TPSA) is 67.2 Å². The molecule has 162 valence electrons. The fraction of sp³-hybridized carbons (Fsp3) is 0.280. The van der Waals surface area contributed by atoms with Crippen molar-refractivity contribution in [2.75, 3.05) is 31.1 Å². The highest BCUT2D eigenvalue weighted by atomic mass is 16.2. The predicted octanol–water partition coefficient (Wildman–Crippen LogP) is 3.46. The lowest BCUT2D eigenvalue weighted by Crippen LogP contribution is -2.49. The van der Waals surface area contributed by atoms with Crippen LogP contribution >= 0.6 is 0 Å². The Hall–Kier alpha value is -3.74. The van der Waals surface area contributed by atoms with E-state index < -0.39 is 0 Å². The third-order valence-electron chi connectivity index (χ3n) is 5.89. The van der Waals surface area contributed by atoms with Crippen LogP contribution in [0.1, 0.15) is 24.7 Å². The van der Waals surface area contributed by atoms with Crippen molar-refractivity contribution in [2.24, 2.45) is 0 Å². The lowest BCUT2D eigenvalue weighted by molar-refractivity contribution is -0.131.